The van der Waals surface area contributed by atoms with E-state index >= 15 is 0 Å². The average Bonchev–Trinajstić information content (AvgIpc) is 2.46. The lowest BCUT2D eigenvalue weighted by Crippen LogP contribution is -2.29. The summed E-state index contributed by atoms with van der Waals surface area (Å²) in [5.74, 6) is 0.479. The van der Waals surface area contributed by atoms with Gasteiger partial charge in [0.2, 0.25) is 0 Å². The SMILES string of the molecule is COc1ccccc1NNC(=O)c1ccccc1. The summed E-state index contributed by atoms with van der Waals surface area (Å²) in [4.78, 5) is 11.8. The molecule has 0 saturated heterocycles. The van der Waals surface area contributed by atoms with Gasteiger partial charge in [-0.1, -0.05) is 30.3 Å². The van der Waals surface area contributed by atoms with Crippen LogP contribution in [0.25, 0.3) is 0 Å². The van der Waals surface area contributed by atoms with Crippen LogP contribution in [0, 0.1) is 0 Å². The van der Waals surface area contributed by atoms with E-state index in [1.54, 1.807) is 19.2 Å². The van der Waals surface area contributed by atoms with Crippen LogP contribution < -0.4 is 15.6 Å². The van der Waals surface area contributed by atoms with E-state index < -0.39 is 0 Å². The summed E-state index contributed by atoms with van der Waals surface area (Å²) in [6.07, 6.45) is 0. The van der Waals surface area contributed by atoms with E-state index in [-0.39, 0.29) is 5.91 Å². The third-order valence-corrected chi connectivity index (χ3v) is 2.45. The van der Waals surface area contributed by atoms with Crippen LogP contribution in [0.5, 0.6) is 5.75 Å². The number of carbonyl (C=O) groups is 1. The van der Waals surface area contributed by atoms with Crippen molar-refractivity contribution in [3.05, 3.63) is 60.2 Å². The number of hydrazine groups is 1. The van der Waals surface area contributed by atoms with Crippen molar-refractivity contribution in [2.24, 2.45) is 0 Å². The van der Waals surface area contributed by atoms with Crippen LogP contribution >= 0.6 is 0 Å². The minimum atomic E-state index is -0.193. The molecular formula is C14H14N2O2. The van der Waals surface area contributed by atoms with Gasteiger partial charge in [0.25, 0.3) is 5.91 Å². The van der Waals surface area contributed by atoms with Crippen molar-refractivity contribution in [3.8, 4) is 5.75 Å². The van der Waals surface area contributed by atoms with Crippen LogP contribution in [0.1, 0.15) is 10.4 Å². The lowest BCUT2D eigenvalue weighted by Gasteiger charge is -2.11. The fraction of sp³-hybridized carbons (Fsp3) is 0.0714. The van der Waals surface area contributed by atoms with Gasteiger partial charge in [-0.15, -0.1) is 0 Å². The van der Waals surface area contributed by atoms with E-state index in [2.05, 4.69) is 10.9 Å². The maximum absolute atomic E-state index is 11.8. The molecule has 4 heteroatoms. The Bertz CT molecular complexity index is 526. The van der Waals surface area contributed by atoms with Gasteiger partial charge in [-0.3, -0.25) is 15.6 Å². The number of nitrogens with one attached hydrogen (secondary N) is 2. The van der Waals surface area contributed by atoms with Crippen molar-refractivity contribution in [1.82, 2.24) is 5.43 Å². The van der Waals surface area contributed by atoms with E-state index in [1.807, 2.05) is 42.5 Å². The summed E-state index contributed by atoms with van der Waals surface area (Å²) in [5, 5.41) is 0. The van der Waals surface area contributed by atoms with E-state index in [0.29, 0.717) is 17.0 Å². The fourth-order valence-electron chi connectivity index (χ4n) is 1.53. The first-order valence-corrected chi connectivity index (χ1v) is 5.55. The van der Waals surface area contributed by atoms with Gasteiger partial charge in [-0.2, -0.15) is 0 Å². The van der Waals surface area contributed by atoms with Crippen LogP contribution in [0.15, 0.2) is 54.6 Å². The van der Waals surface area contributed by atoms with Crippen molar-refractivity contribution in [1.29, 1.82) is 0 Å². The zero-order valence-electron chi connectivity index (χ0n) is 10.0. The van der Waals surface area contributed by atoms with Gasteiger partial charge in [0.05, 0.1) is 12.8 Å². The lowest BCUT2D eigenvalue weighted by atomic mass is 10.2. The van der Waals surface area contributed by atoms with Gasteiger partial charge < -0.3 is 4.74 Å². The largest absolute Gasteiger partial charge is 0.495 e. The molecule has 0 radical (unpaired) electrons. The highest BCUT2D eigenvalue weighted by atomic mass is 16.5. The number of hydrogen-bond acceptors (Lipinski definition) is 3. The summed E-state index contributed by atoms with van der Waals surface area (Å²) in [7, 11) is 1.58. The Kier molecular flexibility index (Phi) is 3.81. The Balaban J connectivity index is 2.02. The molecule has 0 aromatic heterocycles. The van der Waals surface area contributed by atoms with Gasteiger partial charge in [0.15, 0.2) is 0 Å². The molecule has 2 rings (SSSR count). The van der Waals surface area contributed by atoms with Crippen LogP contribution in [-0.2, 0) is 0 Å². The second kappa shape index (κ2) is 5.72. The predicted molar refractivity (Wildman–Crippen MR) is 70.5 cm³/mol. The van der Waals surface area contributed by atoms with Crippen molar-refractivity contribution in [2.45, 2.75) is 0 Å². The Labute approximate surface area is 106 Å². The standard InChI is InChI=1S/C14H14N2O2/c1-18-13-10-6-5-9-12(13)15-16-14(17)11-7-3-2-4-8-11/h2-10,15H,1H3,(H,16,17). The normalized spacial score (nSPS) is 9.61. The molecule has 0 saturated carbocycles. The second-order valence-corrected chi connectivity index (χ2v) is 3.65. The average molecular weight is 242 g/mol. The van der Waals surface area contributed by atoms with Crippen LogP contribution in [0.2, 0.25) is 0 Å². The van der Waals surface area contributed by atoms with Crippen molar-refractivity contribution >= 4 is 11.6 Å². The van der Waals surface area contributed by atoms with Crippen molar-refractivity contribution in [3.63, 3.8) is 0 Å². The Morgan fingerprint density at radius 1 is 1.00 bits per heavy atom. The smallest absolute Gasteiger partial charge is 0.269 e. The summed E-state index contributed by atoms with van der Waals surface area (Å²) in [6.45, 7) is 0. The molecule has 0 spiro atoms. The van der Waals surface area contributed by atoms with E-state index in [4.69, 9.17) is 4.74 Å². The summed E-state index contributed by atoms with van der Waals surface area (Å²) >= 11 is 0. The number of benzene rings is 2. The molecule has 0 fully saturated rings. The first-order valence-electron chi connectivity index (χ1n) is 5.55. The van der Waals surface area contributed by atoms with Crippen LogP contribution in [0.4, 0.5) is 5.69 Å². The first kappa shape index (κ1) is 12.0. The summed E-state index contributed by atoms with van der Waals surface area (Å²) in [6, 6.07) is 16.4. The molecule has 0 bridgehead atoms. The van der Waals surface area contributed by atoms with Gasteiger partial charge in [-0.25, -0.2) is 0 Å². The Morgan fingerprint density at radius 3 is 2.39 bits per heavy atom. The molecule has 0 atom stereocenters. The Hall–Kier alpha value is -2.49. The highest BCUT2D eigenvalue weighted by Crippen LogP contribution is 2.21. The predicted octanol–water partition coefficient (Wildman–Crippen LogP) is 2.45. The highest BCUT2D eigenvalue weighted by Gasteiger charge is 2.05. The first-order chi connectivity index (χ1) is 8.81. The molecule has 18 heavy (non-hydrogen) atoms. The topological polar surface area (TPSA) is 50.4 Å². The highest BCUT2D eigenvalue weighted by molar-refractivity contribution is 5.94. The number of ether oxygens (including phenoxy) is 1. The molecule has 0 aliphatic rings. The maximum atomic E-state index is 11.8. The zero-order chi connectivity index (χ0) is 12.8. The third-order valence-electron chi connectivity index (χ3n) is 2.45. The number of hydrogen-bond donors (Lipinski definition) is 2. The molecule has 0 unspecified atom stereocenters. The van der Waals surface area contributed by atoms with Gasteiger partial charge in [0, 0.05) is 5.56 Å². The molecule has 0 heterocycles. The van der Waals surface area contributed by atoms with E-state index in [1.165, 1.54) is 0 Å². The van der Waals surface area contributed by atoms with Crippen molar-refractivity contribution in [2.75, 3.05) is 12.5 Å². The number of rotatable bonds is 4. The minimum absolute atomic E-state index is 0.193. The van der Waals surface area contributed by atoms with E-state index in [0.717, 1.165) is 0 Å². The molecule has 2 aromatic carbocycles. The monoisotopic (exact) mass is 242 g/mol. The van der Waals surface area contributed by atoms with Gasteiger partial charge in [0.1, 0.15) is 5.75 Å². The number of anilines is 1. The molecule has 2 N–H and O–H groups in total. The number of carbonyl (C=O) groups excluding carboxylic acids is 1. The minimum Gasteiger partial charge on any atom is -0.495 e. The summed E-state index contributed by atoms with van der Waals surface area (Å²) in [5.41, 5.74) is 6.77. The molecule has 0 aliphatic carbocycles. The molecule has 2 aromatic rings. The molecular weight excluding hydrogens is 228 g/mol. The molecule has 92 valence electrons. The van der Waals surface area contributed by atoms with Gasteiger partial charge >= 0.3 is 0 Å². The number of para-hydroxylation sites is 2. The van der Waals surface area contributed by atoms with Gasteiger partial charge in [-0.05, 0) is 24.3 Å². The van der Waals surface area contributed by atoms with Crippen LogP contribution in [-0.4, -0.2) is 13.0 Å². The molecule has 1 amide bonds. The Morgan fingerprint density at radius 2 is 1.67 bits per heavy atom. The maximum Gasteiger partial charge on any atom is 0.269 e. The molecule has 0 aliphatic heterocycles. The fourth-order valence-corrected chi connectivity index (χ4v) is 1.53. The quantitative estimate of drug-likeness (QED) is 0.810. The summed E-state index contributed by atoms with van der Waals surface area (Å²) < 4.78 is 5.17. The molecule has 4 nitrogen and oxygen atoms in total. The number of amides is 1. The van der Waals surface area contributed by atoms with E-state index in [9.17, 15) is 4.79 Å². The lowest BCUT2D eigenvalue weighted by molar-refractivity contribution is 0.0962. The second-order valence-electron chi connectivity index (χ2n) is 3.65. The zero-order valence-corrected chi connectivity index (χ0v) is 10.0. The van der Waals surface area contributed by atoms with Crippen molar-refractivity contribution < 1.29 is 9.53 Å². The third kappa shape index (κ3) is 2.79. The van der Waals surface area contributed by atoms with Crippen LogP contribution in [0.3, 0.4) is 0 Å². The number of methoxy groups -OCH3 is 1.